The van der Waals surface area contributed by atoms with E-state index < -0.39 is 0 Å². The zero-order chi connectivity index (χ0) is 10.1. The van der Waals surface area contributed by atoms with Gasteiger partial charge in [-0.25, -0.2) is 0 Å². The zero-order valence-corrected chi connectivity index (χ0v) is 10.8. The van der Waals surface area contributed by atoms with E-state index in [1.165, 1.54) is 0 Å². The van der Waals surface area contributed by atoms with Crippen LogP contribution in [0.15, 0.2) is 27.1 Å². The number of aromatic amines is 2. The van der Waals surface area contributed by atoms with Crippen molar-refractivity contribution in [1.82, 2.24) is 15.2 Å². The Labute approximate surface area is 102 Å². The van der Waals surface area contributed by atoms with Gasteiger partial charge in [0.25, 0.3) is 0 Å². The lowest BCUT2D eigenvalue weighted by molar-refractivity contribution is 1.08. The van der Waals surface area contributed by atoms with E-state index in [0.29, 0.717) is 4.77 Å². The molecule has 0 bridgehead atoms. The van der Waals surface area contributed by atoms with Crippen molar-refractivity contribution >= 4 is 44.1 Å². The van der Waals surface area contributed by atoms with Gasteiger partial charge in [-0.3, -0.25) is 10.2 Å². The maximum atomic E-state index is 4.88. The van der Waals surface area contributed by atoms with Crippen LogP contribution in [0.3, 0.4) is 0 Å². The van der Waals surface area contributed by atoms with Crippen LogP contribution in [-0.2, 0) is 0 Å². The molecule has 1 heterocycles. The molecule has 14 heavy (non-hydrogen) atoms. The van der Waals surface area contributed by atoms with Crippen LogP contribution in [0, 0.1) is 4.77 Å². The van der Waals surface area contributed by atoms with Crippen molar-refractivity contribution in [3.05, 3.63) is 31.9 Å². The molecule has 3 nitrogen and oxygen atoms in total. The maximum Gasteiger partial charge on any atom is 0.213 e. The smallest absolute Gasteiger partial charge is 0.213 e. The molecule has 0 saturated carbocycles. The number of H-pyrrole nitrogens is 2. The molecule has 0 aliphatic heterocycles. The van der Waals surface area contributed by atoms with Crippen LogP contribution in [0.2, 0.25) is 0 Å². The Morgan fingerprint density at radius 2 is 2.00 bits per heavy atom. The second-order valence-electron chi connectivity index (χ2n) is 2.64. The second kappa shape index (κ2) is 3.96. The molecule has 0 unspecified atom stereocenters. The van der Waals surface area contributed by atoms with Gasteiger partial charge in [-0.1, -0.05) is 15.9 Å². The summed E-state index contributed by atoms with van der Waals surface area (Å²) in [7, 11) is 0. The van der Waals surface area contributed by atoms with Crippen molar-refractivity contribution in [1.29, 1.82) is 0 Å². The lowest BCUT2D eigenvalue weighted by Crippen LogP contribution is -1.82. The average Bonchev–Trinajstić information content (AvgIpc) is 2.51. The Balaban J connectivity index is 2.57. The van der Waals surface area contributed by atoms with Gasteiger partial charge in [0.05, 0.1) is 0 Å². The van der Waals surface area contributed by atoms with Crippen molar-refractivity contribution in [2.24, 2.45) is 0 Å². The van der Waals surface area contributed by atoms with Crippen molar-refractivity contribution < 1.29 is 0 Å². The van der Waals surface area contributed by atoms with Gasteiger partial charge < -0.3 is 0 Å². The molecule has 0 aliphatic carbocycles. The van der Waals surface area contributed by atoms with Crippen molar-refractivity contribution in [3.8, 4) is 11.4 Å². The van der Waals surface area contributed by atoms with Crippen LogP contribution >= 0.6 is 44.1 Å². The number of aromatic nitrogens is 3. The minimum atomic E-state index is 0.454. The molecule has 2 aromatic rings. The highest BCUT2D eigenvalue weighted by Crippen LogP contribution is 2.28. The molecule has 0 amide bonds. The summed E-state index contributed by atoms with van der Waals surface area (Å²) < 4.78 is 2.43. The van der Waals surface area contributed by atoms with E-state index in [0.717, 1.165) is 20.3 Å². The number of nitrogens with zero attached hydrogens (tertiary/aromatic N) is 1. The summed E-state index contributed by atoms with van der Waals surface area (Å²) in [6, 6.07) is 5.86. The van der Waals surface area contributed by atoms with Gasteiger partial charge in [0, 0.05) is 14.5 Å². The van der Waals surface area contributed by atoms with Crippen molar-refractivity contribution in [3.63, 3.8) is 0 Å². The fourth-order valence-electron chi connectivity index (χ4n) is 1.08. The molecule has 6 heteroatoms. The van der Waals surface area contributed by atoms with E-state index in [-0.39, 0.29) is 0 Å². The predicted molar refractivity (Wildman–Crippen MR) is 64.6 cm³/mol. The third-order valence-corrected chi connectivity index (χ3v) is 3.03. The maximum absolute atomic E-state index is 4.88. The largest absolute Gasteiger partial charge is 0.282 e. The minimum absolute atomic E-state index is 0.454. The number of benzene rings is 1. The summed E-state index contributed by atoms with van der Waals surface area (Å²) in [5.74, 6) is 0.731. The van der Waals surface area contributed by atoms with Crippen LogP contribution in [0.25, 0.3) is 11.4 Å². The minimum Gasteiger partial charge on any atom is -0.282 e. The Morgan fingerprint density at radius 3 is 2.57 bits per heavy atom. The monoisotopic (exact) mass is 333 g/mol. The van der Waals surface area contributed by atoms with Crippen LogP contribution in [0.5, 0.6) is 0 Å². The number of halogens is 2. The summed E-state index contributed by atoms with van der Waals surface area (Å²) >= 11 is 11.7. The first-order valence-corrected chi connectivity index (χ1v) is 5.76. The third-order valence-electron chi connectivity index (χ3n) is 1.69. The molecule has 0 spiro atoms. The molecule has 1 aromatic heterocycles. The highest BCUT2D eigenvalue weighted by molar-refractivity contribution is 9.11. The van der Waals surface area contributed by atoms with Gasteiger partial charge in [-0.2, -0.15) is 4.98 Å². The third kappa shape index (κ3) is 1.97. The summed E-state index contributed by atoms with van der Waals surface area (Å²) in [5, 5.41) is 5.65. The highest BCUT2D eigenvalue weighted by atomic mass is 79.9. The average molecular weight is 335 g/mol. The van der Waals surface area contributed by atoms with E-state index in [4.69, 9.17) is 12.2 Å². The standard InChI is InChI=1S/C8H5Br2N3S/c9-4-1-2-5(6(10)3-4)7-11-8(14)13-12-7/h1-3H,(H2,11,12,13,14). The molecule has 72 valence electrons. The number of hydrogen-bond donors (Lipinski definition) is 2. The highest BCUT2D eigenvalue weighted by Gasteiger charge is 2.05. The normalized spacial score (nSPS) is 10.4. The van der Waals surface area contributed by atoms with E-state index >= 15 is 0 Å². The van der Waals surface area contributed by atoms with Gasteiger partial charge >= 0.3 is 0 Å². The van der Waals surface area contributed by atoms with E-state index in [2.05, 4.69) is 47.0 Å². The molecule has 0 radical (unpaired) electrons. The molecule has 0 saturated heterocycles. The summed E-state index contributed by atoms with van der Waals surface area (Å²) in [6.07, 6.45) is 0. The topological polar surface area (TPSA) is 44.5 Å². The number of rotatable bonds is 1. The summed E-state index contributed by atoms with van der Waals surface area (Å²) in [4.78, 5) is 4.13. The van der Waals surface area contributed by atoms with Gasteiger partial charge in [0.15, 0.2) is 5.82 Å². The lowest BCUT2D eigenvalue weighted by Gasteiger charge is -2.00. The number of nitrogens with one attached hydrogen (secondary N) is 2. The lowest BCUT2D eigenvalue weighted by atomic mass is 10.2. The molecule has 2 rings (SSSR count). The van der Waals surface area contributed by atoms with Gasteiger partial charge in [0.1, 0.15) is 0 Å². The van der Waals surface area contributed by atoms with Gasteiger partial charge in [0.2, 0.25) is 4.77 Å². The molecule has 0 aliphatic rings. The Kier molecular flexibility index (Phi) is 2.85. The SMILES string of the molecule is S=c1nc(-c2ccc(Br)cc2Br)[nH][nH]1. The first-order chi connectivity index (χ1) is 6.66. The number of hydrogen-bond acceptors (Lipinski definition) is 2. The summed E-state index contributed by atoms with van der Waals surface area (Å²) in [5.41, 5.74) is 0.973. The molecule has 2 N–H and O–H groups in total. The molecule has 0 atom stereocenters. The first kappa shape index (κ1) is 10.1. The predicted octanol–water partition coefficient (Wildman–Crippen LogP) is 3.66. The quantitative estimate of drug-likeness (QED) is 0.782. The fourth-order valence-corrected chi connectivity index (χ4v) is 2.46. The van der Waals surface area contributed by atoms with Crippen molar-refractivity contribution in [2.75, 3.05) is 0 Å². The van der Waals surface area contributed by atoms with Crippen LogP contribution in [-0.4, -0.2) is 15.2 Å². The van der Waals surface area contributed by atoms with E-state index in [1.807, 2.05) is 18.2 Å². The Bertz CT molecular complexity index is 517. The second-order valence-corrected chi connectivity index (χ2v) is 4.80. The van der Waals surface area contributed by atoms with Gasteiger partial charge in [-0.05, 0) is 46.3 Å². The van der Waals surface area contributed by atoms with Crippen LogP contribution in [0.1, 0.15) is 0 Å². The van der Waals surface area contributed by atoms with Crippen LogP contribution < -0.4 is 0 Å². The van der Waals surface area contributed by atoms with E-state index in [1.54, 1.807) is 0 Å². The first-order valence-electron chi connectivity index (χ1n) is 3.77. The van der Waals surface area contributed by atoms with E-state index in [9.17, 15) is 0 Å². The molecular formula is C8H5Br2N3S. The Morgan fingerprint density at radius 1 is 1.21 bits per heavy atom. The summed E-state index contributed by atoms with van der Waals surface area (Å²) in [6.45, 7) is 0. The molecule has 1 aromatic carbocycles. The molecule has 0 fully saturated rings. The molecular weight excluding hydrogens is 330 g/mol. The Hall–Kier alpha value is -0.460. The zero-order valence-electron chi connectivity index (χ0n) is 6.84. The fraction of sp³-hybridized carbons (Fsp3) is 0. The van der Waals surface area contributed by atoms with Crippen molar-refractivity contribution in [2.45, 2.75) is 0 Å². The van der Waals surface area contributed by atoms with Gasteiger partial charge in [-0.15, -0.1) is 0 Å². The van der Waals surface area contributed by atoms with Crippen LogP contribution in [0.4, 0.5) is 0 Å².